The summed E-state index contributed by atoms with van der Waals surface area (Å²) in [6.45, 7) is 6.97. The molecule has 1 atom stereocenters. The second-order valence-electron chi connectivity index (χ2n) is 5.63. The van der Waals surface area contributed by atoms with Crippen molar-refractivity contribution >= 4 is 5.97 Å². The van der Waals surface area contributed by atoms with Gasteiger partial charge < -0.3 is 9.84 Å². The molecule has 1 aliphatic rings. The van der Waals surface area contributed by atoms with E-state index in [0.717, 1.165) is 6.42 Å². The number of nitrogens with zero attached hydrogens (tertiary/aromatic N) is 1. The summed E-state index contributed by atoms with van der Waals surface area (Å²) in [5, 5.41) is 8.77. The Balaban J connectivity index is 2.48. The Labute approximate surface area is 104 Å². The topological polar surface area (TPSA) is 49.8 Å². The molecule has 1 rings (SSSR count). The molecule has 4 nitrogen and oxygen atoms in total. The van der Waals surface area contributed by atoms with Crippen molar-refractivity contribution in [3.05, 3.63) is 0 Å². The fourth-order valence-electron chi connectivity index (χ4n) is 2.31. The number of ether oxygens (including phenoxy) is 1. The van der Waals surface area contributed by atoms with E-state index in [1.165, 1.54) is 12.8 Å². The van der Waals surface area contributed by atoms with Gasteiger partial charge in [-0.1, -0.05) is 0 Å². The van der Waals surface area contributed by atoms with Gasteiger partial charge in [-0.3, -0.25) is 9.69 Å². The van der Waals surface area contributed by atoms with Crippen LogP contribution in [0.5, 0.6) is 0 Å². The second kappa shape index (κ2) is 5.83. The quantitative estimate of drug-likeness (QED) is 0.709. The number of hydrogen-bond acceptors (Lipinski definition) is 3. The maximum Gasteiger partial charge on any atom is 0.304 e. The Morgan fingerprint density at radius 3 is 2.53 bits per heavy atom. The molecule has 0 heterocycles. The minimum absolute atomic E-state index is 0.143. The highest BCUT2D eigenvalue weighted by Crippen LogP contribution is 2.31. The zero-order valence-electron chi connectivity index (χ0n) is 11.4. The summed E-state index contributed by atoms with van der Waals surface area (Å²) >= 11 is 0. The van der Waals surface area contributed by atoms with Crippen LogP contribution < -0.4 is 0 Å². The van der Waals surface area contributed by atoms with E-state index in [4.69, 9.17) is 9.84 Å². The summed E-state index contributed by atoms with van der Waals surface area (Å²) in [7, 11) is 1.73. The van der Waals surface area contributed by atoms with Crippen LogP contribution in [0.1, 0.15) is 46.5 Å². The van der Waals surface area contributed by atoms with E-state index >= 15 is 0 Å². The first-order valence-electron chi connectivity index (χ1n) is 6.38. The standard InChI is InChI=1S/C13H25NO3/c1-10(9-13(2,3)17-4)14(11-5-6-11)8-7-12(15)16/h10-11H,5-9H2,1-4H3,(H,15,16). The maximum atomic E-state index is 10.7. The highest BCUT2D eigenvalue weighted by molar-refractivity contribution is 5.66. The molecule has 0 spiro atoms. The van der Waals surface area contributed by atoms with Crippen LogP contribution in [0.4, 0.5) is 0 Å². The number of hydrogen-bond donors (Lipinski definition) is 1. The normalized spacial score (nSPS) is 18.4. The lowest BCUT2D eigenvalue weighted by Gasteiger charge is -2.34. The predicted octanol–water partition coefficient (Wildman–Crippen LogP) is 2.13. The molecule has 1 unspecified atom stereocenters. The smallest absolute Gasteiger partial charge is 0.304 e. The first kappa shape index (κ1) is 14.5. The SMILES string of the molecule is COC(C)(C)CC(C)N(CCC(=O)O)C1CC1. The van der Waals surface area contributed by atoms with Gasteiger partial charge in [-0.15, -0.1) is 0 Å². The highest BCUT2D eigenvalue weighted by atomic mass is 16.5. The van der Waals surface area contributed by atoms with Crippen LogP contribution in [0.15, 0.2) is 0 Å². The van der Waals surface area contributed by atoms with E-state index in [1.807, 2.05) is 0 Å². The van der Waals surface area contributed by atoms with Crippen LogP contribution in [0.25, 0.3) is 0 Å². The molecule has 0 aromatic heterocycles. The molecule has 17 heavy (non-hydrogen) atoms. The van der Waals surface area contributed by atoms with Crippen molar-refractivity contribution in [2.24, 2.45) is 0 Å². The minimum atomic E-state index is -0.714. The summed E-state index contributed by atoms with van der Waals surface area (Å²) in [6.07, 6.45) is 3.57. The van der Waals surface area contributed by atoms with E-state index in [9.17, 15) is 4.79 Å². The van der Waals surface area contributed by atoms with Crippen molar-refractivity contribution in [2.45, 2.75) is 64.1 Å². The summed E-state index contributed by atoms with van der Waals surface area (Å²) in [5.41, 5.74) is -0.143. The summed E-state index contributed by atoms with van der Waals surface area (Å²) in [5.74, 6) is -0.714. The van der Waals surface area contributed by atoms with Gasteiger partial charge in [-0.25, -0.2) is 0 Å². The molecule has 0 saturated heterocycles. The van der Waals surface area contributed by atoms with Crippen molar-refractivity contribution in [3.63, 3.8) is 0 Å². The lowest BCUT2D eigenvalue weighted by atomic mass is 9.98. The van der Waals surface area contributed by atoms with Gasteiger partial charge in [0.1, 0.15) is 0 Å². The molecule has 4 heteroatoms. The third-order valence-electron chi connectivity index (χ3n) is 3.51. The summed E-state index contributed by atoms with van der Waals surface area (Å²) in [4.78, 5) is 13.0. The highest BCUT2D eigenvalue weighted by Gasteiger charge is 2.34. The summed E-state index contributed by atoms with van der Waals surface area (Å²) < 4.78 is 5.44. The predicted molar refractivity (Wildman–Crippen MR) is 67.1 cm³/mol. The van der Waals surface area contributed by atoms with Crippen LogP contribution in [0, 0.1) is 0 Å². The van der Waals surface area contributed by atoms with Gasteiger partial charge >= 0.3 is 5.97 Å². The van der Waals surface area contributed by atoms with Gasteiger partial charge in [-0.2, -0.15) is 0 Å². The van der Waals surface area contributed by atoms with Crippen LogP contribution in [0.2, 0.25) is 0 Å². The van der Waals surface area contributed by atoms with Gasteiger partial charge in [0.2, 0.25) is 0 Å². The molecule has 1 saturated carbocycles. The van der Waals surface area contributed by atoms with Gasteiger partial charge in [-0.05, 0) is 40.0 Å². The molecule has 0 aliphatic heterocycles. The Bertz CT molecular complexity index is 261. The lowest BCUT2D eigenvalue weighted by molar-refractivity contribution is -0.137. The van der Waals surface area contributed by atoms with Crippen LogP contribution in [-0.4, -0.2) is 47.3 Å². The van der Waals surface area contributed by atoms with Gasteiger partial charge in [0, 0.05) is 25.7 Å². The number of carbonyl (C=O) groups is 1. The van der Waals surface area contributed by atoms with E-state index in [2.05, 4.69) is 25.7 Å². The molecular formula is C13H25NO3. The van der Waals surface area contributed by atoms with Crippen molar-refractivity contribution in [3.8, 4) is 0 Å². The number of methoxy groups -OCH3 is 1. The third kappa shape index (κ3) is 5.04. The van der Waals surface area contributed by atoms with E-state index in [-0.39, 0.29) is 12.0 Å². The van der Waals surface area contributed by atoms with Crippen LogP contribution in [-0.2, 0) is 9.53 Å². The molecule has 0 amide bonds. The Kier molecular flexibility index (Phi) is 4.95. The van der Waals surface area contributed by atoms with Crippen molar-refractivity contribution in [2.75, 3.05) is 13.7 Å². The van der Waals surface area contributed by atoms with Gasteiger partial charge in [0.05, 0.1) is 12.0 Å². The number of rotatable bonds is 8. The largest absolute Gasteiger partial charge is 0.481 e. The van der Waals surface area contributed by atoms with Crippen LogP contribution in [0.3, 0.4) is 0 Å². The number of aliphatic carboxylic acids is 1. The zero-order valence-corrected chi connectivity index (χ0v) is 11.4. The third-order valence-corrected chi connectivity index (χ3v) is 3.51. The monoisotopic (exact) mass is 243 g/mol. The molecule has 0 aromatic rings. The van der Waals surface area contributed by atoms with Crippen molar-refractivity contribution in [1.82, 2.24) is 4.90 Å². The number of carboxylic acids is 1. The fraction of sp³-hybridized carbons (Fsp3) is 0.923. The van der Waals surface area contributed by atoms with Crippen LogP contribution >= 0.6 is 0 Å². The van der Waals surface area contributed by atoms with Crippen molar-refractivity contribution < 1.29 is 14.6 Å². The molecule has 100 valence electrons. The fourth-order valence-corrected chi connectivity index (χ4v) is 2.31. The minimum Gasteiger partial charge on any atom is -0.481 e. The summed E-state index contributed by atoms with van der Waals surface area (Å²) in [6, 6.07) is 0.966. The molecule has 1 N–H and O–H groups in total. The van der Waals surface area contributed by atoms with E-state index in [0.29, 0.717) is 18.6 Å². The first-order valence-corrected chi connectivity index (χ1v) is 6.38. The molecule has 0 radical (unpaired) electrons. The maximum absolute atomic E-state index is 10.7. The van der Waals surface area contributed by atoms with E-state index in [1.54, 1.807) is 7.11 Å². The second-order valence-corrected chi connectivity index (χ2v) is 5.63. The first-order chi connectivity index (χ1) is 7.85. The molecule has 0 bridgehead atoms. The Morgan fingerprint density at radius 1 is 1.53 bits per heavy atom. The molecule has 0 aromatic carbocycles. The van der Waals surface area contributed by atoms with Gasteiger partial charge in [0.25, 0.3) is 0 Å². The Hall–Kier alpha value is -0.610. The Morgan fingerprint density at radius 2 is 2.12 bits per heavy atom. The zero-order chi connectivity index (χ0) is 13.1. The van der Waals surface area contributed by atoms with E-state index < -0.39 is 5.97 Å². The molecular weight excluding hydrogens is 218 g/mol. The number of carboxylic acid groups (broad SMARTS) is 1. The lowest BCUT2D eigenvalue weighted by Crippen LogP contribution is -2.41. The van der Waals surface area contributed by atoms with Gasteiger partial charge in [0.15, 0.2) is 0 Å². The average Bonchev–Trinajstić information content (AvgIpc) is 3.01. The molecule has 1 aliphatic carbocycles. The molecule has 1 fully saturated rings. The average molecular weight is 243 g/mol. The van der Waals surface area contributed by atoms with Crippen molar-refractivity contribution in [1.29, 1.82) is 0 Å².